The van der Waals surface area contributed by atoms with Gasteiger partial charge in [0, 0.05) is 5.69 Å². The maximum atomic E-state index is 5.60. The summed E-state index contributed by atoms with van der Waals surface area (Å²) in [4.78, 5) is 0. The molecule has 0 saturated carbocycles. The normalized spacial score (nSPS) is 9.55. The number of benzene rings is 1. The smallest absolute Gasteiger partial charge is 0.0316 e. The minimum atomic E-state index is 0.823. The zero-order chi connectivity index (χ0) is 8.27. The predicted molar refractivity (Wildman–Crippen MR) is 49.4 cm³/mol. The fraction of sp³-hybridized carbons (Fsp3) is 0.200. The first-order valence-corrected chi connectivity index (χ1v) is 3.67. The molecule has 0 heterocycles. The van der Waals surface area contributed by atoms with E-state index in [1.54, 1.807) is 0 Å². The minimum Gasteiger partial charge on any atom is -0.399 e. The SMILES string of the molecule is C=C(C)Cc1cccc(N)c1. The Morgan fingerprint density at radius 1 is 1.55 bits per heavy atom. The Bertz CT molecular complexity index is 263. The molecule has 0 unspecified atom stereocenters. The Morgan fingerprint density at radius 2 is 2.27 bits per heavy atom. The highest BCUT2D eigenvalue weighted by atomic mass is 14.5. The van der Waals surface area contributed by atoms with Crippen molar-refractivity contribution in [3.63, 3.8) is 0 Å². The van der Waals surface area contributed by atoms with E-state index >= 15 is 0 Å². The van der Waals surface area contributed by atoms with Crippen LogP contribution in [0.3, 0.4) is 0 Å². The van der Waals surface area contributed by atoms with Gasteiger partial charge in [-0.25, -0.2) is 0 Å². The van der Waals surface area contributed by atoms with E-state index in [1.807, 2.05) is 25.1 Å². The highest BCUT2D eigenvalue weighted by Crippen LogP contribution is 2.09. The van der Waals surface area contributed by atoms with Crippen LogP contribution in [0.4, 0.5) is 5.69 Å². The number of nitrogen functional groups attached to an aromatic ring is 1. The van der Waals surface area contributed by atoms with E-state index in [2.05, 4.69) is 12.6 Å². The second kappa shape index (κ2) is 3.24. The molecule has 0 aliphatic carbocycles. The number of nitrogens with two attached hydrogens (primary N) is 1. The molecule has 0 atom stereocenters. The number of anilines is 1. The highest BCUT2D eigenvalue weighted by Gasteiger charge is 1.92. The molecule has 0 aromatic heterocycles. The van der Waals surface area contributed by atoms with Crippen molar-refractivity contribution in [2.24, 2.45) is 0 Å². The number of hydrogen-bond acceptors (Lipinski definition) is 1. The molecule has 0 saturated heterocycles. The Kier molecular flexibility index (Phi) is 2.32. The highest BCUT2D eigenvalue weighted by molar-refractivity contribution is 5.41. The molecule has 1 aromatic carbocycles. The van der Waals surface area contributed by atoms with Gasteiger partial charge in [0.1, 0.15) is 0 Å². The molecule has 0 aliphatic heterocycles. The summed E-state index contributed by atoms with van der Waals surface area (Å²) in [5, 5.41) is 0. The summed E-state index contributed by atoms with van der Waals surface area (Å²) in [6, 6.07) is 7.90. The van der Waals surface area contributed by atoms with Crippen molar-refractivity contribution in [3.05, 3.63) is 42.0 Å². The zero-order valence-corrected chi connectivity index (χ0v) is 6.80. The van der Waals surface area contributed by atoms with Crippen LogP contribution in [-0.4, -0.2) is 0 Å². The van der Waals surface area contributed by atoms with E-state index in [0.29, 0.717) is 0 Å². The Hall–Kier alpha value is -1.24. The van der Waals surface area contributed by atoms with E-state index in [1.165, 1.54) is 5.56 Å². The van der Waals surface area contributed by atoms with Gasteiger partial charge in [-0.1, -0.05) is 24.3 Å². The summed E-state index contributed by atoms with van der Waals surface area (Å²) in [6.07, 6.45) is 0.922. The third-order valence-corrected chi connectivity index (χ3v) is 1.46. The van der Waals surface area contributed by atoms with Crippen molar-refractivity contribution in [1.82, 2.24) is 0 Å². The van der Waals surface area contributed by atoms with Crippen LogP contribution in [0.25, 0.3) is 0 Å². The van der Waals surface area contributed by atoms with Crippen molar-refractivity contribution in [2.75, 3.05) is 5.73 Å². The zero-order valence-electron chi connectivity index (χ0n) is 6.80. The van der Waals surface area contributed by atoms with Gasteiger partial charge in [-0.2, -0.15) is 0 Å². The molecule has 0 aliphatic rings. The summed E-state index contributed by atoms with van der Waals surface area (Å²) in [7, 11) is 0. The molecule has 0 spiro atoms. The van der Waals surface area contributed by atoms with E-state index in [0.717, 1.165) is 17.7 Å². The molecule has 58 valence electrons. The largest absolute Gasteiger partial charge is 0.399 e. The van der Waals surface area contributed by atoms with Gasteiger partial charge in [-0.3, -0.25) is 0 Å². The molecule has 0 amide bonds. The second-order valence-corrected chi connectivity index (χ2v) is 2.88. The lowest BCUT2D eigenvalue weighted by atomic mass is 10.1. The monoisotopic (exact) mass is 147 g/mol. The lowest BCUT2D eigenvalue weighted by Gasteiger charge is -2.00. The minimum absolute atomic E-state index is 0.823. The summed E-state index contributed by atoms with van der Waals surface area (Å²) < 4.78 is 0. The van der Waals surface area contributed by atoms with Gasteiger partial charge in [-0.15, -0.1) is 0 Å². The average molecular weight is 147 g/mol. The Morgan fingerprint density at radius 3 is 2.82 bits per heavy atom. The van der Waals surface area contributed by atoms with Gasteiger partial charge in [0.05, 0.1) is 0 Å². The van der Waals surface area contributed by atoms with Crippen LogP contribution < -0.4 is 5.73 Å². The van der Waals surface area contributed by atoms with Gasteiger partial charge >= 0.3 is 0 Å². The molecule has 11 heavy (non-hydrogen) atoms. The second-order valence-electron chi connectivity index (χ2n) is 2.88. The molecule has 1 aromatic rings. The molecule has 1 heteroatoms. The number of rotatable bonds is 2. The quantitative estimate of drug-likeness (QED) is 0.504. The standard InChI is InChI=1S/C10H13N/c1-8(2)6-9-4-3-5-10(11)7-9/h3-5,7H,1,6,11H2,2H3. The summed E-state index contributed by atoms with van der Waals surface area (Å²) in [5.74, 6) is 0. The van der Waals surface area contributed by atoms with E-state index < -0.39 is 0 Å². The maximum absolute atomic E-state index is 5.60. The summed E-state index contributed by atoms with van der Waals surface area (Å²) >= 11 is 0. The van der Waals surface area contributed by atoms with Crippen LogP contribution in [-0.2, 0) is 6.42 Å². The van der Waals surface area contributed by atoms with Crippen molar-refractivity contribution < 1.29 is 0 Å². The van der Waals surface area contributed by atoms with Crippen LogP contribution >= 0.6 is 0 Å². The Labute approximate surface area is 67.5 Å². The molecule has 0 radical (unpaired) electrons. The van der Waals surface area contributed by atoms with Crippen molar-refractivity contribution >= 4 is 5.69 Å². The third kappa shape index (κ3) is 2.46. The molecule has 0 fully saturated rings. The lowest BCUT2D eigenvalue weighted by molar-refractivity contribution is 1.16. The molecular weight excluding hydrogens is 134 g/mol. The number of allylic oxidation sites excluding steroid dienone is 1. The van der Waals surface area contributed by atoms with Crippen LogP contribution in [0.1, 0.15) is 12.5 Å². The van der Waals surface area contributed by atoms with E-state index in [9.17, 15) is 0 Å². The van der Waals surface area contributed by atoms with Crippen LogP contribution in [0.15, 0.2) is 36.4 Å². The van der Waals surface area contributed by atoms with Crippen molar-refractivity contribution in [2.45, 2.75) is 13.3 Å². The van der Waals surface area contributed by atoms with Crippen LogP contribution in [0, 0.1) is 0 Å². The van der Waals surface area contributed by atoms with Crippen LogP contribution in [0.2, 0.25) is 0 Å². The van der Waals surface area contributed by atoms with Gasteiger partial charge in [0.2, 0.25) is 0 Å². The van der Waals surface area contributed by atoms with Gasteiger partial charge in [-0.05, 0) is 31.0 Å². The number of hydrogen-bond donors (Lipinski definition) is 1. The lowest BCUT2D eigenvalue weighted by Crippen LogP contribution is -1.88. The Balaban J connectivity index is 2.79. The summed E-state index contributed by atoms with van der Waals surface area (Å²) in [6.45, 7) is 5.86. The fourth-order valence-corrected chi connectivity index (χ4v) is 1.05. The third-order valence-electron chi connectivity index (χ3n) is 1.46. The first-order valence-electron chi connectivity index (χ1n) is 3.67. The molecule has 2 N–H and O–H groups in total. The van der Waals surface area contributed by atoms with Gasteiger partial charge < -0.3 is 5.73 Å². The topological polar surface area (TPSA) is 26.0 Å². The summed E-state index contributed by atoms with van der Waals surface area (Å²) in [5.41, 5.74) is 8.82. The van der Waals surface area contributed by atoms with Gasteiger partial charge in [0.15, 0.2) is 0 Å². The van der Waals surface area contributed by atoms with E-state index in [-0.39, 0.29) is 0 Å². The molecule has 1 nitrogen and oxygen atoms in total. The first-order chi connectivity index (χ1) is 5.18. The average Bonchev–Trinajstić information content (AvgIpc) is 1.85. The van der Waals surface area contributed by atoms with E-state index in [4.69, 9.17) is 5.73 Å². The molecule has 1 rings (SSSR count). The first kappa shape index (κ1) is 7.86. The predicted octanol–water partition coefficient (Wildman–Crippen LogP) is 2.39. The fourth-order valence-electron chi connectivity index (χ4n) is 1.05. The van der Waals surface area contributed by atoms with Crippen LogP contribution in [0.5, 0.6) is 0 Å². The maximum Gasteiger partial charge on any atom is 0.0316 e. The molecule has 0 bridgehead atoms. The van der Waals surface area contributed by atoms with Gasteiger partial charge in [0.25, 0.3) is 0 Å². The van der Waals surface area contributed by atoms with Crippen molar-refractivity contribution in [3.8, 4) is 0 Å². The molecular formula is C10H13N. The van der Waals surface area contributed by atoms with Crippen molar-refractivity contribution in [1.29, 1.82) is 0 Å².